The van der Waals surface area contributed by atoms with Crippen molar-refractivity contribution >= 4 is 40.3 Å². The third kappa shape index (κ3) is 5.19. The summed E-state index contributed by atoms with van der Waals surface area (Å²) in [5.41, 5.74) is 3.08. The van der Waals surface area contributed by atoms with E-state index in [1.54, 1.807) is 42.8 Å². The second-order valence-electron chi connectivity index (χ2n) is 12.4. The van der Waals surface area contributed by atoms with E-state index in [1.807, 2.05) is 39.5 Å². The quantitative estimate of drug-likeness (QED) is 0.312. The summed E-state index contributed by atoms with van der Waals surface area (Å²) in [6.45, 7) is 15.0. The van der Waals surface area contributed by atoms with Crippen LogP contribution in [0.1, 0.15) is 72.4 Å². The molecule has 1 aliphatic rings. The number of aryl methyl sites for hydroxylation is 2. The van der Waals surface area contributed by atoms with Gasteiger partial charge in [-0.15, -0.1) is 0 Å². The maximum absolute atomic E-state index is 14.3. The zero-order chi connectivity index (χ0) is 30.7. The van der Waals surface area contributed by atoms with E-state index >= 15 is 0 Å². The van der Waals surface area contributed by atoms with Gasteiger partial charge in [0.25, 0.3) is 5.91 Å². The van der Waals surface area contributed by atoms with E-state index in [0.717, 1.165) is 0 Å². The lowest BCUT2D eigenvalue weighted by Gasteiger charge is -2.47. The van der Waals surface area contributed by atoms with E-state index in [2.05, 4.69) is 9.88 Å². The highest BCUT2D eigenvalue weighted by Gasteiger charge is 2.38. The van der Waals surface area contributed by atoms with Crippen molar-refractivity contribution in [2.45, 2.75) is 59.4 Å². The number of amides is 1. The maximum Gasteiger partial charge on any atom is 0.337 e. The molecule has 220 valence electrons. The Balaban J connectivity index is 1.47. The Hall–Kier alpha value is -4.05. The summed E-state index contributed by atoms with van der Waals surface area (Å²) in [6.07, 6.45) is 0. The number of anilines is 1. The second kappa shape index (κ2) is 10.3. The number of pyridine rings is 2. The van der Waals surface area contributed by atoms with Crippen molar-refractivity contribution in [1.29, 1.82) is 0 Å². The molecule has 1 aliphatic heterocycles. The van der Waals surface area contributed by atoms with Crippen molar-refractivity contribution in [2.75, 3.05) is 24.5 Å². The molecular weight excluding hydrogens is 559 g/mol. The molecule has 4 aromatic rings. The predicted octanol–water partition coefficient (Wildman–Crippen LogP) is 5.96. The Bertz CT molecular complexity index is 1720. The molecule has 0 aliphatic carbocycles. The van der Waals surface area contributed by atoms with E-state index in [-0.39, 0.29) is 16.5 Å². The van der Waals surface area contributed by atoms with E-state index < -0.39 is 22.7 Å². The fraction of sp³-hybridized carbons (Fsp3) is 0.387. The average molecular weight is 593 g/mol. The molecule has 0 spiro atoms. The number of halogens is 2. The van der Waals surface area contributed by atoms with Crippen LogP contribution in [0.3, 0.4) is 0 Å². The van der Waals surface area contributed by atoms with Gasteiger partial charge in [-0.3, -0.25) is 4.79 Å². The molecule has 4 heterocycles. The van der Waals surface area contributed by atoms with Gasteiger partial charge in [-0.25, -0.2) is 23.8 Å². The summed E-state index contributed by atoms with van der Waals surface area (Å²) in [6, 6.07) is 9.78. The first-order chi connectivity index (χ1) is 19.6. The highest BCUT2D eigenvalue weighted by Crippen LogP contribution is 2.32. The van der Waals surface area contributed by atoms with E-state index in [4.69, 9.17) is 21.7 Å². The molecule has 1 amide bonds. The van der Waals surface area contributed by atoms with Gasteiger partial charge in [0, 0.05) is 31.1 Å². The molecule has 9 nitrogen and oxygen atoms in total. The topological polar surface area (TPSA) is 104 Å². The first-order valence-corrected chi connectivity index (χ1v) is 14.1. The van der Waals surface area contributed by atoms with Crippen molar-refractivity contribution < 1.29 is 19.1 Å². The van der Waals surface area contributed by atoms with Gasteiger partial charge in [0.2, 0.25) is 0 Å². The highest BCUT2D eigenvalue weighted by molar-refractivity contribution is 6.30. The third-order valence-electron chi connectivity index (χ3n) is 7.67. The second-order valence-corrected chi connectivity index (χ2v) is 12.8. The molecule has 0 radical (unpaired) electrons. The molecule has 0 atom stereocenters. The number of aromatic nitrogens is 4. The summed E-state index contributed by atoms with van der Waals surface area (Å²) >= 11 is 5.90. The van der Waals surface area contributed by atoms with Gasteiger partial charge >= 0.3 is 5.97 Å². The Morgan fingerprint density at radius 2 is 1.76 bits per heavy atom. The van der Waals surface area contributed by atoms with Gasteiger partial charge < -0.3 is 14.9 Å². The van der Waals surface area contributed by atoms with Crippen LogP contribution < -0.4 is 4.90 Å². The van der Waals surface area contributed by atoms with Crippen LogP contribution in [0.5, 0.6) is 0 Å². The van der Waals surface area contributed by atoms with Gasteiger partial charge in [-0.1, -0.05) is 32.4 Å². The van der Waals surface area contributed by atoms with Crippen LogP contribution in [0, 0.1) is 19.7 Å². The number of hydrogen-bond donors (Lipinski definition) is 1. The lowest BCUT2D eigenvalue weighted by Crippen LogP contribution is -2.61. The van der Waals surface area contributed by atoms with Gasteiger partial charge in [0.1, 0.15) is 22.8 Å². The van der Waals surface area contributed by atoms with E-state index in [9.17, 15) is 19.1 Å². The fourth-order valence-corrected chi connectivity index (χ4v) is 5.72. The molecule has 1 saturated heterocycles. The monoisotopic (exact) mass is 592 g/mol. The Morgan fingerprint density at radius 1 is 1.05 bits per heavy atom. The number of aromatic carboxylic acids is 1. The van der Waals surface area contributed by atoms with Crippen molar-refractivity contribution in [1.82, 2.24) is 24.6 Å². The number of nitrogens with zero attached hydrogens (tertiary/aromatic N) is 6. The summed E-state index contributed by atoms with van der Waals surface area (Å²) in [7, 11) is 0. The van der Waals surface area contributed by atoms with Crippen molar-refractivity contribution in [3.05, 3.63) is 75.4 Å². The van der Waals surface area contributed by atoms with Crippen LogP contribution in [-0.2, 0) is 5.41 Å². The van der Waals surface area contributed by atoms with E-state index in [0.29, 0.717) is 64.8 Å². The fourth-order valence-electron chi connectivity index (χ4n) is 5.60. The number of hydrogen-bond acceptors (Lipinski definition) is 6. The normalized spacial score (nSPS) is 15.4. The number of carboxylic acids is 1. The minimum Gasteiger partial charge on any atom is -0.478 e. The molecule has 11 heteroatoms. The maximum atomic E-state index is 14.3. The summed E-state index contributed by atoms with van der Waals surface area (Å²) in [4.78, 5) is 38.8. The van der Waals surface area contributed by atoms with Gasteiger partial charge in [0.05, 0.1) is 38.7 Å². The van der Waals surface area contributed by atoms with Crippen LogP contribution in [0.2, 0.25) is 5.02 Å². The summed E-state index contributed by atoms with van der Waals surface area (Å²) in [5.74, 6) is -1.05. The molecule has 42 heavy (non-hydrogen) atoms. The zero-order valence-corrected chi connectivity index (χ0v) is 25.5. The van der Waals surface area contributed by atoms with Gasteiger partial charge in [-0.05, 0) is 63.6 Å². The Kier molecular flexibility index (Phi) is 7.25. The van der Waals surface area contributed by atoms with Crippen molar-refractivity contribution in [3.63, 3.8) is 0 Å². The predicted molar refractivity (Wildman–Crippen MR) is 161 cm³/mol. The van der Waals surface area contributed by atoms with Crippen LogP contribution in [-0.4, -0.2) is 66.8 Å². The van der Waals surface area contributed by atoms with Crippen molar-refractivity contribution in [2.24, 2.45) is 0 Å². The van der Waals surface area contributed by atoms with E-state index in [1.165, 1.54) is 12.1 Å². The van der Waals surface area contributed by atoms with Crippen LogP contribution in [0.15, 0.2) is 36.4 Å². The Morgan fingerprint density at radius 3 is 2.36 bits per heavy atom. The number of rotatable bonds is 4. The third-order valence-corrected chi connectivity index (χ3v) is 7.98. The minimum atomic E-state index is -0.996. The van der Waals surface area contributed by atoms with Crippen LogP contribution in [0.25, 0.3) is 16.7 Å². The first-order valence-electron chi connectivity index (χ1n) is 13.7. The highest BCUT2D eigenvalue weighted by atomic mass is 35.5. The van der Waals surface area contributed by atoms with Gasteiger partial charge in [0.15, 0.2) is 0 Å². The number of piperazine rings is 1. The first kappa shape index (κ1) is 29.4. The summed E-state index contributed by atoms with van der Waals surface area (Å²) in [5, 5.41) is 14.3. The zero-order valence-electron chi connectivity index (χ0n) is 24.8. The Labute approximate surface area is 248 Å². The van der Waals surface area contributed by atoms with Crippen molar-refractivity contribution in [3.8, 4) is 5.69 Å². The molecule has 0 bridgehead atoms. The van der Waals surface area contributed by atoms with Crippen LogP contribution >= 0.6 is 11.6 Å². The lowest BCUT2D eigenvalue weighted by molar-refractivity contribution is 0.0507. The molecule has 1 N–H and O–H groups in total. The molecule has 0 unspecified atom stereocenters. The number of benzene rings is 1. The molecule has 1 fully saturated rings. The van der Waals surface area contributed by atoms with Crippen LogP contribution in [0.4, 0.5) is 10.2 Å². The number of carboxylic acid groups (broad SMARTS) is 1. The molecule has 5 rings (SSSR count). The minimum absolute atomic E-state index is 0.0262. The molecule has 0 saturated carbocycles. The molecule has 3 aromatic heterocycles. The standard InChI is InChI=1S/C31H34ClFN6O3/c1-17-14-24(34-18(2)25(17)29(41)42)37-12-13-38(31(6,7)16-37)28(40)22-10-11-23-26(35-22)27(30(3,4)5)36-39(23)19-8-9-20(32)21(33)15-19/h8-11,14-15H,12-13,16H2,1-7H3,(H,41,42). The summed E-state index contributed by atoms with van der Waals surface area (Å²) < 4.78 is 15.9. The molecular formula is C31H34ClFN6O3. The molecule has 1 aromatic carbocycles. The number of fused-ring (bicyclic) bond motifs is 1. The average Bonchev–Trinajstić information content (AvgIpc) is 3.28. The SMILES string of the molecule is Cc1cc(N2CCN(C(=O)c3ccc4c(n3)c(C(C)(C)C)nn4-c3ccc(Cl)c(F)c3)C(C)(C)C2)nc(C)c1C(=O)O. The van der Waals surface area contributed by atoms with Gasteiger partial charge in [-0.2, -0.15) is 5.10 Å². The smallest absolute Gasteiger partial charge is 0.337 e. The number of carbonyl (C=O) groups excluding carboxylic acids is 1. The number of carbonyl (C=O) groups is 2. The largest absolute Gasteiger partial charge is 0.478 e. The lowest BCUT2D eigenvalue weighted by atomic mass is 9.91.